The number of likely N-dealkylation sites (tertiary alicyclic amines) is 1. The highest BCUT2D eigenvalue weighted by molar-refractivity contribution is 5.95. The maximum absolute atomic E-state index is 13.1. The van der Waals surface area contributed by atoms with Crippen LogP contribution in [-0.2, 0) is 0 Å². The highest BCUT2D eigenvalue weighted by Gasteiger charge is 2.29. The Balaban J connectivity index is 1.44. The molecule has 1 saturated heterocycles. The van der Waals surface area contributed by atoms with Gasteiger partial charge in [-0.3, -0.25) is 4.79 Å². The molecule has 0 bridgehead atoms. The van der Waals surface area contributed by atoms with Crippen molar-refractivity contribution in [3.63, 3.8) is 0 Å². The van der Waals surface area contributed by atoms with Crippen LogP contribution in [0.4, 0.5) is 0 Å². The van der Waals surface area contributed by atoms with Gasteiger partial charge in [0.2, 0.25) is 5.75 Å². The molecule has 3 aromatic rings. The van der Waals surface area contributed by atoms with Gasteiger partial charge in [0.15, 0.2) is 17.3 Å². The summed E-state index contributed by atoms with van der Waals surface area (Å²) in [5, 5.41) is 4.17. The van der Waals surface area contributed by atoms with Gasteiger partial charge in [0, 0.05) is 30.1 Å². The molecule has 8 nitrogen and oxygen atoms in total. The highest BCUT2D eigenvalue weighted by Crippen LogP contribution is 2.39. The average Bonchev–Trinajstić information content (AvgIpc) is 3.33. The third-order valence-corrected chi connectivity index (χ3v) is 5.52. The van der Waals surface area contributed by atoms with Crippen molar-refractivity contribution in [3.8, 4) is 28.7 Å². The third-order valence-electron chi connectivity index (χ3n) is 5.52. The van der Waals surface area contributed by atoms with Gasteiger partial charge in [-0.25, -0.2) is 0 Å². The SMILES string of the molecule is COc1cc(C(=O)N2CCC(c3noc(-c4ccccc4)n3)CC2)cc(OC)c1OC. The molecule has 0 unspecified atom stereocenters. The molecule has 0 saturated carbocycles. The standard InChI is InChI=1S/C23H25N3O5/c1-28-18-13-17(14-19(29-2)20(18)30-3)23(27)26-11-9-15(10-12-26)21-24-22(31-25-21)16-7-5-4-6-8-16/h4-8,13-15H,9-12H2,1-3H3. The predicted molar refractivity (Wildman–Crippen MR) is 114 cm³/mol. The van der Waals surface area contributed by atoms with Gasteiger partial charge in [-0.05, 0) is 37.1 Å². The van der Waals surface area contributed by atoms with Crippen molar-refractivity contribution >= 4 is 5.91 Å². The van der Waals surface area contributed by atoms with E-state index in [0.717, 1.165) is 18.4 Å². The van der Waals surface area contributed by atoms with Crippen molar-refractivity contribution in [1.82, 2.24) is 15.0 Å². The third kappa shape index (κ3) is 4.19. The molecule has 31 heavy (non-hydrogen) atoms. The van der Waals surface area contributed by atoms with E-state index in [1.54, 1.807) is 12.1 Å². The molecule has 4 rings (SSSR count). The van der Waals surface area contributed by atoms with Gasteiger partial charge in [-0.15, -0.1) is 0 Å². The predicted octanol–water partition coefficient (Wildman–Crippen LogP) is 3.78. The van der Waals surface area contributed by atoms with E-state index in [2.05, 4.69) is 10.1 Å². The number of amides is 1. The minimum atomic E-state index is -0.0733. The molecule has 0 radical (unpaired) electrons. The zero-order valence-corrected chi connectivity index (χ0v) is 17.8. The van der Waals surface area contributed by atoms with Crippen LogP contribution in [0.1, 0.15) is 34.9 Å². The fourth-order valence-corrected chi connectivity index (χ4v) is 3.83. The van der Waals surface area contributed by atoms with Crippen LogP contribution >= 0.6 is 0 Å². The van der Waals surface area contributed by atoms with Crippen molar-refractivity contribution in [2.24, 2.45) is 0 Å². The van der Waals surface area contributed by atoms with Crippen molar-refractivity contribution in [2.75, 3.05) is 34.4 Å². The maximum atomic E-state index is 13.1. The zero-order chi connectivity index (χ0) is 21.8. The summed E-state index contributed by atoms with van der Waals surface area (Å²) in [5.41, 5.74) is 1.40. The van der Waals surface area contributed by atoms with E-state index in [0.29, 0.717) is 47.6 Å². The fourth-order valence-electron chi connectivity index (χ4n) is 3.83. The molecule has 2 aromatic carbocycles. The molecular weight excluding hydrogens is 398 g/mol. The topological polar surface area (TPSA) is 86.9 Å². The number of methoxy groups -OCH3 is 3. The first kappa shape index (κ1) is 20.7. The summed E-state index contributed by atoms with van der Waals surface area (Å²) in [5.74, 6) is 2.68. The Morgan fingerprint density at radius 1 is 1.00 bits per heavy atom. The summed E-state index contributed by atoms with van der Waals surface area (Å²) >= 11 is 0. The second kappa shape index (κ2) is 9.07. The van der Waals surface area contributed by atoms with Crippen molar-refractivity contribution in [2.45, 2.75) is 18.8 Å². The summed E-state index contributed by atoms with van der Waals surface area (Å²) in [6, 6.07) is 13.1. The Labute approximate surface area is 180 Å². The van der Waals surface area contributed by atoms with Crippen LogP contribution in [0, 0.1) is 0 Å². The van der Waals surface area contributed by atoms with E-state index in [4.69, 9.17) is 18.7 Å². The van der Waals surface area contributed by atoms with E-state index >= 15 is 0 Å². The molecule has 0 N–H and O–H groups in total. The molecule has 1 amide bonds. The molecule has 1 aliphatic heterocycles. The minimum Gasteiger partial charge on any atom is -0.493 e. The van der Waals surface area contributed by atoms with E-state index < -0.39 is 0 Å². The normalized spacial score (nSPS) is 14.4. The van der Waals surface area contributed by atoms with Crippen LogP contribution in [0.5, 0.6) is 17.2 Å². The number of rotatable bonds is 6. The van der Waals surface area contributed by atoms with Crippen LogP contribution < -0.4 is 14.2 Å². The van der Waals surface area contributed by atoms with E-state index in [-0.39, 0.29) is 11.8 Å². The summed E-state index contributed by atoms with van der Waals surface area (Å²) in [4.78, 5) is 19.5. The van der Waals surface area contributed by atoms with Gasteiger partial charge in [0.25, 0.3) is 11.8 Å². The Bertz CT molecular complexity index is 1020. The molecule has 2 heterocycles. The van der Waals surface area contributed by atoms with Crippen LogP contribution in [0.15, 0.2) is 47.0 Å². The largest absolute Gasteiger partial charge is 0.493 e. The first-order chi connectivity index (χ1) is 15.1. The lowest BCUT2D eigenvalue weighted by Crippen LogP contribution is -2.38. The molecule has 8 heteroatoms. The lowest BCUT2D eigenvalue weighted by Gasteiger charge is -2.31. The Morgan fingerprint density at radius 2 is 1.65 bits per heavy atom. The van der Waals surface area contributed by atoms with Gasteiger partial charge in [-0.2, -0.15) is 4.98 Å². The fraction of sp³-hybridized carbons (Fsp3) is 0.348. The number of piperidine rings is 1. The second-order valence-corrected chi connectivity index (χ2v) is 7.30. The molecule has 1 aromatic heterocycles. The number of ether oxygens (including phenoxy) is 3. The number of nitrogens with zero attached hydrogens (tertiary/aromatic N) is 3. The van der Waals surface area contributed by atoms with Crippen LogP contribution in [0.2, 0.25) is 0 Å². The van der Waals surface area contributed by atoms with Gasteiger partial charge >= 0.3 is 0 Å². The van der Waals surface area contributed by atoms with Gasteiger partial charge in [0.1, 0.15) is 0 Å². The number of benzene rings is 2. The summed E-state index contributed by atoms with van der Waals surface area (Å²) in [6.45, 7) is 1.21. The van der Waals surface area contributed by atoms with Crippen LogP contribution in [0.3, 0.4) is 0 Å². The summed E-state index contributed by atoms with van der Waals surface area (Å²) in [6.07, 6.45) is 1.54. The highest BCUT2D eigenvalue weighted by atomic mass is 16.5. The zero-order valence-electron chi connectivity index (χ0n) is 17.8. The minimum absolute atomic E-state index is 0.0733. The lowest BCUT2D eigenvalue weighted by molar-refractivity contribution is 0.0709. The monoisotopic (exact) mass is 423 g/mol. The maximum Gasteiger partial charge on any atom is 0.257 e. The smallest absolute Gasteiger partial charge is 0.257 e. The van der Waals surface area contributed by atoms with Crippen LogP contribution in [-0.4, -0.2) is 55.4 Å². The molecule has 0 aliphatic carbocycles. The molecular formula is C23H25N3O5. The van der Waals surface area contributed by atoms with Crippen molar-refractivity contribution in [3.05, 3.63) is 53.9 Å². The van der Waals surface area contributed by atoms with Gasteiger partial charge < -0.3 is 23.6 Å². The summed E-state index contributed by atoms with van der Waals surface area (Å²) in [7, 11) is 4.60. The summed E-state index contributed by atoms with van der Waals surface area (Å²) < 4.78 is 21.5. The van der Waals surface area contributed by atoms with Crippen molar-refractivity contribution in [1.29, 1.82) is 0 Å². The number of carbonyl (C=O) groups excluding carboxylic acids is 1. The Kier molecular flexibility index (Phi) is 6.06. The quantitative estimate of drug-likeness (QED) is 0.596. The van der Waals surface area contributed by atoms with Crippen LogP contribution in [0.25, 0.3) is 11.5 Å². The second-order valence-electron chi connectivity index (χ2n) is 7.30. The Morgan fingerprint density at radius 3 is 2.23 bits per heavy atom. The number of hydrogen-bond acceptors (Lipinski definition) is 7. The lowest BCUT2D eigenvalue weighted by atomic mass is 9.95. The van der Waals surface area contributed by atoms with E-state index in [1.165, 1.54) is 21.3 Å². The number of aromatic nitrogens is 2. The molecule has 0 atom stereocenters. The van der Waals surface area contributed by atoms with Gasteiger partial charge in [-0.1, -0.05) is 23.4 Å². The number of hydrogen-bond donors (Lipinski definition) is 0. The molecule has 0 spiro atoms. The number of carbonyl (C=O) groups is 1. The molecule has 162 valence electrons. The first-order valence-corrected chi connectivity index (χ1v) is 10.1. The Hall–Kier alpha value is -3.55. The van der Waals surface area contributed by atoms with E-state index in [1.807, 2.05) is 35.2 Å². The average molecular weight is 423 g/mol. The van der Waals surface area contributed by atoms with Crippen molar-refractivity contribution < 1.29 is 23.5 Å². The van der Waals surface area contributed by atoms with E-state index in [9.17, 15) is 4.79 Å². The molecule has 1 aliphatic rings. The van der Waals surface area contributed by atoms with Gasteiger partial charge in [0.05, 0.1) is 21.3 Å². The first-order valence-electron chi connectivity index (χ1n) is 10.1. The molecule has 1 fully saturated rings.